The number of nitrogens with zero attached hydrogens (tertiary/aromatic N) is 3. The molecule has 2 rings (SSSR count). The molecule has 5 heteroatoms. The normalized spacial score (nSPS) is 10.6. The second kappa shape index (κ2) is 5.21. The van der Waals surface area contributed by atoms with Gasteiger partial charge in [-0.25, -0.2) is 4.98 Å². The van der Waals surface area contributed by atoms with Crippen LogP contribution in [0.5, 0.6) is 0 Å². The Hall–Kier alpha value is -1.51. The molecule has 0 aromatic carbocycles. The van der Waals surface area contributed by atoms with Gasteiger partial charge < -0.3 is 10.0 Å². The van der Waals surface area contributed by atoms with Crippen molar-refractivity contribution in [3.05, 3.63) is 17.3 Å². The van der Waals surface area contributed by atoms with Crippen LogP contribution in [0.1, 0.15) is 19.0 Å². The van der Waals surface area contributed by atoms with E-state index in [0.29, 0.717) is 6.54 Å². The molecule has 0 fully saturated rings. The third-order valence-electron chi connectivity index (χ3n) is 2.56. The molecule has 0 aliphatic carbocycles. The lowest BCUT2D eigenvalue weighted by Crippen LogP contribution is -2.25. The maximum atomic E-state index is 9.47. The molecule has 0 radical (unpaired) electrons. The van der Waals surface area contributed by atoms with Crippen LogP contribution in [0.25, 0.3) is 4.96 Å². The van der Waals surface area contributed by atoms with Crippen LogP contribution in [-0.4, -0.2) is 27.6 Å². The quantitative estimate of drug-likeness (QED) is 0.821. The summed E-state index contributed by atoms with van der Waals surface area (Å²) < 4.78 is 1.92. The summed E-state index contributed by atoms with van der Waals surface area (Å²) in [7, 11) is 0. The van der Waals surface area contributed by atoms with Crippen molar-refractivity contribution < 1.29 is 5.11 Å². The molecule has 0 saturated heterocycles. The zero-order valence-electron chi connectivity index (χ0n) is 9.76. The number of hydrogen-bond donors (Lipinski definition) is 1. The monoisotopic (exact) mass is 249 g/mol. The fourth-order valence-corrected chi connectivity index (χ4v) is 2.59. The highest BCUT2D eigenvalue weighted by Crippen LogP contribution is 2.24. The number of fused-ring (bicyclic) bond motifs is 1. The molecule has 0 spiro atoms. The van der Waals surface area contributed by atoms with E-state index in [1.165, 1.54) is 0 Å². The largest absolute Gasteiger partial charge is 0.390 e. The minimum Gasteiger partial charge on any atom is -0.390 e. The Morgan fingerprint density at radius 2 is 2.47 bits per heavy atom. The molecule has 4 nitrogen and oxygen atoms in total. The van der Waals surface area contributed by atoms with Crippen molar-refractivity contribution in [1.82, 2.24) is 9.38 Å². The molecule has 90 valence electrons. The van der Waals surface area contributed by atoms with Gasteiger partial charge in [-0.3, -0.25) is 4.40 Å². The Bertz CT molecular complexity index is 537. The molecule has 0 unspecified atom stereocenters. The van der Waals surface area contributed by atoms with E-state index < -0.39 is 0 Å². The van der Waals surface area contributed by atoms with Crippen LogP contribution in [0.3, 0.4) is 0 Å². The van der Waals surface area contributed by atoms with Crippen LogP contribution in [0, 0.1) is 12.3 Å². The van der Waals surface area contributed by atoms with Gasteiger partial charge in [0.15, 0.2) is 10.8 Å². The average molecular weight is 249 g/mol. The van der Waals surface area contributed by atoms with Gasteiger partial charge >= 0.3 is 0 Å². The predicted molar refractivity (Wildman–Crippen MR) is 70.3 cm³/mol. The summed E-state index contributed by atoms with van der Waals surface area (Å²) >= 11 is 1.55. The van der Waals surface area contributed by atoms with Gasteiger partial charge in [0.25, 0.3) is 0 Å². The number of imidazole rings is 1. The van der Waals surface area contributed by atoms with Crippen LogP contribution in [0.4, 0.5) is 5.82 Å². The minimum absolute atomic E-state index is 0.0297. The van der Waals surface area contributed by atoms with Crippen molar-refractivity contribution in [2.24, 2.45) is 0 Å². The highest BCUT2D eigenvalue weighted by molar-refractivity contribution is 7.15. The first-order valence-corrected chi connectivity index (χ1v) is 6.43. The molecular weight excluding hydrogens is 234 g/mol. The average Bonchev–Trinajstić information content (AvgIpc) is 2.87. The lowest BCUT2D eigenvalue weighted by Gasteiger charge is -2.20. The SMILES string of the molecule is C#CCN(CCC)c1nc2sccn2c1CO. The number of hydrogen-bond acceptors (Lipinski definition) is 4. The summed E-state index contributed by atoms with van der Waals surface area (Å²) in [5, 5.41) is 11.4. The number of aliphatic hydroxyl groups is 1. The zero-order valence-corrected chi connectivity index (χ0v) is 10.6. The fraction of sp³-hybridized carbons (Fsp3) is 0.417. The first-order chi connectivity index (χ1) is 8.31. The van der Waals surface area contributed by atoms with E-state index in [1.54, 1.807) is 11.3 Å². The predicted octanol–water partition coefficient (Wildman–Crippen LogP) is 1.74. The van der Waals surface area contributed by atoms with E-state index in [2.05, 4.69) is 17.8 Å². The van der Waals surface area contributed by atoms with Crippen LogP contribution >= 0.6 is 11.3 Å². The highest BCUT2D eigenvalue weighted by atomic mass is 32.1. The maximum Gasteiger partial charge on any atom is 0.195 e. The summed E-state index contributed by atoms with van der Waals surface area (Å²) in [6.07, 6.45) is 8.29. The molecule has 1 N–H and O–H groups in total. The zero-order chi connectivity index (χ0) is 12.3. The molecule has 2 heterocycles. The molecule has 0 bridgehead atoms. The van der Waals surface area contributed by atoms with Crippen LogP contribution in [-0.2, 0) is 6.61 Å². The fourth-order valence-electron chi connectivity index (χ4n) is 1.86. The summed E-state index contributed by atoms with van der Waals surface area (Å²) in [5.74, 6) is 3.44. The first-order valence-electron chi connectivity index (χ1n) is 5.55. The Balaban J connectivity index is 2.44. The van der Waals surface area contributed by atoms with Gasteiger partial charge in [0.05, 0.1) is 18.8 Å². The number of anilines is 1. The highest BCUT2D eigenvalue weighted by Gasteiger charge is 2.17. The topological polar surface area (TPSA) is 40.8 Å². The summed E-state index contributed by atoms with van der Waals surface area (Å²) in [5.41, 5.74) is 0.810. The van der Waals surface area contributed by atoms with Crippen LogP contribution < -0.4 is 4.90 Å². The van der Waals surface area contributed by atoms with Gasteiger partial charge in [0.1, 0.15) is 0 Å². The van der Waals surface area contributed by atoms with Gasteiger partial charge in [-0.1, -0.05) is 12.8 Å². The van der Waals surface area contributed by atoms with Crippen molar-refractivity contribution in [2.75, 3.05) is 18.0 Å². The Morgan fingerprint density at radius 3 is 3.12 bits per heavy atom. The molecule has 0 atom stereocenters. The number of thiazole rings is 1. The van der Waals surface area contributed by atoms with E-state index in [-0.39, 0.29) is 6.61 Å². The van der Waals surface area contributed by atoms with Gasteiger partial charge in [-0.15, -0.1) is 17.8 Å². The Morgan fingerprint density at radius 1 is 1.65 bits per heavy atom. The van der Waals surface area contributed by atoms with Crippen molar-refractivity contribution in [2.45, 2.75) is 20.0 Å². The third kappa shape index (κ3) is 2.14. The van der Waals surface area contributed by atoms with Gasteiger partial charge in [-0.2, -0.15) is 0 Å². The first kappa shape index (κ1) is 12.0. The molecule has 0 saturated carbocycles. The molecule has 0 amide bonds. The van der Waals surface area contributed by atoms with E-state index in [4.69, 9.17) is 6.42 Å². The molecule has 17 heavy (non-hydrogen) atoms. The molecule has 0 aliphatic rings. The Labute approximate surface area is 105 Å². The van der Waals surface area contributed by atoms with E-state index in [9.17, 15) is 5.11 Å². The second-order valence-electron chi connectivity index (χ2n) is 3.72. The Kier molecular flexibility index (Phi) is 3.67. The smallest absolute Gasteiger partial charge is 0.195 e. The van der Waals surface area contributed by atoms with Crippen molar-refractivity contribution in [3.63, 3.8) is 0 Å². The lowest BCUT2D eigenvalue weighted by molar-refractivity contribution is 0.276. The van der Waals surface area contributed by atoms with Crippen molar-refractivity contribution in [3.8, 4) is 12.3 Å². The molecular formula is C12H15N3OS. The number of rotatable bonds is 5. The van der Waals surface area contributed by atoms with Gasteiger partial charge in [-0.05, 0) is 6.42 Å². The van der Waals surface area contributed by atoms with Gasteiger partial charge in [0, 0.05) is 18.1 Å². The number of aliphatic hydroxyl groups excluding tert-OH is 1. The van der Waals surface area contributed by atoms with E-state index in [0.717, 1.165) is 29.4 Å². The van der Waals surface area contributed by atoms with Crippen molar-refractivity contribution >= 4 is 22.1 Å². The standard InChI is InChI=1S/C12H15N3OS/c1-3-5-14(6-4-2)11-10(9-16)15-7-8-17-12(15)13-11/h1,7-8,16H,4-6,9H2,2H3. The number of terminal acetylenes is 1. The summed E-state index contributed by atoms with van der Waals surface area (Å²) in [4.78, 5) is 7.46. The minimum atomic E-state index is -0.0297. The molecule has 0 aliphatic heterocycles. The van der Waals surface area contributed by atoms with Crippen molar-refractivity contribution in [1.29, 1.82) is 0 Å². The molecule has 2 aromatic rings. The second-order valence-corrected chi connectivity index (χ2v) is 4.59. The van der Waals surface area contributed by atoms with Crippen LogP contribution in [0.15, 0.2) is 11.6 Å². The van der Waals surface area contributed by atoms with E-state index >= 15 is 0 Å². The summed E-state index contributed by atoms with van der Waals surface area (Å²) in [6, 6.07) is 0. The van der Waals surface area contributed by atoms with Crippen LogP contribution in [0.2, 0.25) is 0 Å². The molecule has 2 aromatic heterocycles. The maximum absolute atomic E-state index is 9.47. The number of aromatic nitrogens is 2. The van der Waals surface area contributed by atoms with Gasteiger partial charge in [0.2, 0.25) is 0 Å². The summed E-state index contributed by atoms with van der Waals surface area (Å²) in [6.45, 7) is 3.44. The third-order valence-corrected chi connectivity index (χ3v) is 3.32. The lowest BCUT2D eigenvalue weighted by atomic mass is 10.3. The van der Waals surface area contributed by atoms with E-state index in [1.807, 2.05) is 20.9 Å².